The average Bonchev–Trinajstić information content (AvgIpc) is 3.57. The molecule has 0 heterocycles. The number of hydrogen-bond donors (Lipinski definition) is 0. The summed E-state index contributed by atoms with van der Waals surface area (Å²) in [5.74, 6) is 0. The summed E-state index contributed by atoms with van der Waals surface area (Å²) in [6.45, 7) is 9.91. The van der Waals surface area contributed by atoms with E-state index >= 15 is 0 Å². The SMILES string of the molecule is CC1(C)C2=C(CCCC2)c2c1cc1c(c2-c2ccccc2)-c2ccc(N(c3ccc4ccccc4c3)c3ccccc3C3=CC=CCC3)cc2C1(C)C. The van der Waals surface area contributed by atoms with Gasteiger partial charge in [-0.2, -0.15) is 0 Å². The highest BCUT2D eigenvalue weighted by molar-refractivity contribution is 6.03. The zero-order valence-electron chi connectivity index (χ0n) is 31.5. The lowest BCUT2D eigenvalue weighted by Crippen LogP contribution is -2.21. The van der Waals surface area contributed by atoms with Crippen LogP contribution in [0.2, 0.25) is 0 Å². The van der Waals surface area contributed by atoms with Gasteiger partial charge in [0.15, 0.2) is 0 Å². The molecule has 0 saturated carbocycles. The molecule has 0 aromatic heterocycles. The van der Waals surface area contributed by atoms with Crippen LogP contribution in [-0.4, -0.2) is 0 Å². The van der Waals surface area contributed by atoms with Gasteiger partial charge >= 0.3 is 0 Å². The van der Waals surface area contributed by atoms with Gasteiger partial charge in [0.05, 0.1) is 5.69 Å². The van der Waals surface area contributed by atoms with Crippen LogP contribution in [0.4, 0.5) is 17.1 Å². The van der Waals surface area contributed by atoms with E-state index in [0.29, 0.717) is 0 Å². The van der Waals surface area contributed by atoms with E-state index in [4.69, 9.17) is 0 Å². The fraction of sp³-hybridized carbons (Fsp3) is 0.231. The van der Waals surface area contributed by atoms with Crippen LogP contribution in [0, 0.1) is 0 Å². The standard InChI is InChI=1S/C52H47N/c1-51(2)43-25-15-13-24-41(43)49-45(51)33-46-50(48(49)36-20-9-6-10-21-36)42-30-29-39(32-44(42)52(46,3)4)53(38-28-27-34-17-11-12-22-37(34)31-38)47-26-16-14-23-40(47)35-18-7-5-8-19-35/h5-7,9-12,14,16-18,20-23,26-33H,8,13,15,19,24-25H2,1-4H3. The average molecular weight is 686 g/mol. The minimum Gasteiger partial charge on any atom is -0.310 e. The third-order valence-electron chi connectivity index (χ3n) is 13.0. The van der Waals surface area contributed by atoms with Crippen LogP contribution in [-0.2, 0) is 10.8 Å². The maximum Gasteiger partial charge on any atom is 0.0536 e. The molecular weight excluding hydrogens is 639 g/mol. The van der Waals surface area contributed by atoms with Crippen molar-refractivity contribution in [1.82, 2.24) is 0 Å². The van der Waals surface area contributed by atoms with Crippen molar-refractivity contribution >= 4 is 39.0 Å². The van der Waals surface area contributed by atoms with Crippen molar-refractivity contribution in [2.75, 3.05) is 4.90 Å². The molecule has 0 saturated heterocycles. The Morgan fingerprint density at radius 3 is 2.08 bits per heavy atom. The predicted molar refractivity (Wildman–Crippen MR) is 226 cm³/mol. The van der Waals surface area contributed by atoms with E-state index in [1.54, 1.807) is 11.1 Å². The number of para-hydroxylation sites is 1. The number of rotatable bonds is 5. The Kier molecular flexibility index (Phi) is 7.35. The van der Waals surface area contributed by atoms with Crippen LogP contribution in [0.25, 0.3) is 44.2 Å². The second kappa shape index (κ2) is 12.1. The first kappa shape index (κ1) is 32.3. The Morgan fingerprint density at radius 2 is 1.25 bits per heavy atom. The monoisotopic (exact) mass is 685 g/mol. The molecule has 0 atom stereocenters. The summed E-state index contributed by atoms with van der Waals surface area (Å²) in [5, 5.41) is 2.51. The Hall–Kier alpha value is -5.40. The summed E-state index contributed by atoms with van der Waals surface area (Å²) < 4.78 is 0. The number of fused-ring (bicyclic) bond motifs is 6. The smallest absolute Gasteiger partial charge is 0.0536 e. The second-order valence-corrected chi connectivity index (χ2v) is 16.6. The topological polar surface area (TPSA) is 3.24 Å². The normalized spacial score (nSPS) is 17.6. The second-order valence-electron chi connectivity index (χ2n) is 16.6. The van der Waals surface area contributed by atoms with Crippen molar-refractivity contribution in [3.8, 4) is 22.3 Å². The third-order valence-corrected chi connectivity index (χ3v) is 13.0. The third kappa shape index (κ3) is 4.90. The quantitative estimate of drug-likeness (QED) is 0.175. The number of hydrogen-bond acceptors (Lipinski definition) is 1. The Balaban J connectivity index is 1.22. The van der Waals surface area contributed by atoms with Gasteiger partial charge in [-0.15, -0.1) is 0 Å². The number of anilines is 3. The molecule has 4 aliphatic carbocycles. The Labute approximate surface area is 315 Å². The van der Waals surface area contributed by atoms with E-state index in [1.165, 1.54) is 109 Å². The molecular formula is C52H47N. The van der Waals surface area contributed by atoms with Crippen molar-refractivity contribution in [2.45, 2.75) is 77.0 Å². The zero-order chi connectivity index (χ0) is 35.9. The minimum atomic E-state index is -0.177. The van der Waals surface area contributed by atoms with Gasteiger partial charge in [-0.1, -0.05) is 142 Å². The molecule has 4 aliphatic rings. The van der Waals surface area contributed by atoms with Gasteiger partial charge in [0.2, 0.25) is 0 Å². The molecule has 0 aliphatic heterocycles. The van der Waals surface area contributed by atoms with Crippen molar-refractivity contribution in [2.24, 2.45) is 0 Å². The van der Waals surface area contributed by atoms with E-state index in [0.717, 1.165) is 12.8 Å². The van der Waals surface area contributed by atoms with E-state index in [9.17, 15) is 0 Å². The molecule has 6 aromatic carbocycles. The lowest BCUT2D eigenvalue weighted by Gasteiger charge is -2.31. The van der Waals surface area contributed by atoms with Crippen LogP contribution < -0.4 is 4.90 Å². The van der Waals surface area contributed by atoms with Gasteiger partial charge in [-0.25, -0.2) is 0 Å². The van der Waals surface area contributed by atoms with Crippen molar-refractivity contribution < 1.29 is 0 Å². The van der Waals surface area contributed by atoms with Gasteiger partial charge in [-0.3, -0.25) is 0 Å². The van der Waals surface area contributed by atoms with Gasteiger partial charge in [0, 0.05) is 27.8 Å². The summed E-state index contributed by atoms with van der Waals surface area (Å²) in [5.41, 5.74) is 21.0. The van der Waals surface area contributed by atoms with Crippen LogP contribution >= 0.6 is 0 Å². The lowest BCUT2D eigenvalue weighted by molar-refractivity contribution is 0.571. The molecule has 0 unspecified atom stereocenters. The Bertz CT molecular complexity index is 2550. The van der Waals surface area contributed by atoms with Crippen LogP contribution in [0.5, 0.6) is 0 Å². The maximum atomic E-state index is 2.63. The van der Waals surface area contributed by atoms with Gasteiger partial charge < -0.3 is 4.90 Å². The highest BCUT2D eigenvalue weighted by atomic mass is 15.1. The molecule has 6 aromatic rings. The van der Waals surface area contributed by atoms with Crippen LogP contribution in [0.1, 0.15) is 94.0 Å². The van der Waals surface area contributed by atoms with E-state index < -0.39 is 0 Å². The fourth-order valence-electron chi connectivity index (χ4n) is 10.3. The summed E-state index contributed by atoms with van der Waals surface area (Å²) in [7, 11) is 0. The fourth-order valence-corrected chi connectivity index (χ4v) is 10.3. The van der Waals surface area contributed by atoms with E-state index in [-0.39, 0.29) is 10.8 Å². The molecule has 260 valence electrons. The van der Waals surface area contributed by atoms with E-state index in [1.807, 2.05) is 0 Å². The lowest BCUT2D eigenvalue weighted by atomic mass is 9.74. The molecule has 0 bridgehead atoms. The molecule has 0 radical (unpaired) electrons. The predicted octanol–water partition coefficient (Wildman–Crippen LogP) is 14.6. The Morgan fingerprint density at radius 1 is 0.528 bits per heavy atom. The molecule has 0 N–H and O–H groups in total. The highest BCUT2D eigenvalue weighted by Gasteiger charge is 2.45. The summed E-state index contributed by atoms with van der Waals surface area (Å²) in [6, 6.07) is 46.0. The van der Waals surface area contributed by atoms with Gasteiger partial charge in [-0.05, 0) is 135 Å². The van der Waals surface area contributed by atoms with Crippen LogP contribution in [0.3, 0.4) is 0 Å². The zero-order valence-corrected chi connectivity index (χ0v) is 31.5. The number of benzene rings is 6. The van der Waals surface area contributed by atoms with Crippen molar-refractivity contribution in [3.05, 3.63) is 173 Å². The van der Waals surface area contributed by atoms with Crippen LogP contribution in [0.15, 0.2) is 145 Å². The molecule has 0 amide bonds. The first-order chi connectivity index (χ1) is 25.8. The molecule has 1 nitrogen and oxygen atoms in total. The molecule has 10 rings (SSSR count). The van der Waals surface area contributed by atoms with Gasteiger partial charge in [0.25, 0.3) is 0 Å². The van der Waals surface area contributed by atoms with E-state index in [2.05, 4.69) is 172 Å². The number of allylic oxidation sites excluding steroid dienone is 6. The maximum absolute atomic E-state index is 2.63. The summed E-state index contributed by atoms with van der Waals surface area (Å²) in [6.07, 6.45) is 13.9. The molecule has 53 heavy (non-hydrogen) atoms. The highest BCUT2D eigenvalue weighted by Crippen LogP contribution is 2.61. The minimum absolute atomic E-state index is 0.0409. The molecule has 0 fully saturated rings. The first-order valence-corrected chi connectivity index (χ1v) is 19.7. The molecule has 0 spiro atoms. The van der Waals surface area contributed by atoms with Crippen molar-refractivity contribution in [1.29, 1.82) is 0 Å². The van der Waals surface area contributed by atoms with Gasteiger partial charge in [0.1, 0.15) is 0 Å². The largest absolute Gasteiger partial charge is 0.310 e. The number of nitrogens with zero attached hydrogens (tertiary/aromatic N) is 1. The summed E-state index contributed by atoms with van der Waals surface area (Å²) >= 11 is 0. The summed E-state index contributed by atoms with van der Waals surface area (Å²) in [4.78, 5) is 2.51. The molecule has 1 heteroatoms. The van der Waals surface area contributed by atoms with Crippen molar-refractivity contribution in [3.63, 3.8) is 0 Å². The first-order valence-electron chi connectivity index (χ1n) is 19.7.